The van der Waals surface area contributed by atoms with Gasteiger partial charge in [0.15, 0.2) is 5.69 Å². The molecule has 3 N–H and O–H groups in total. The number of nitrogens with zero attached hydrogens (tertiary/aromatic N) is 5. The van der Waals surface area contributed by atoms with Gasteiger partial charge in [-0.15, -0.1) is 0 Å². The van der Waals surface area contributed by atoms with Crippen molar-refractivity contribution in [3.63, 3.8) is 0 Å². The Morgan fingerprint density at radius 1 is 0.919 bits per heavy atom. The molecular formula is C34H18Cl4F12N8O3S. The summed E-state index contributed by atoms with van der Waals surface area (Å²) in [6, 6.07) is 4.51. The second-order valence-corrected chi connectivity index (χ2v) is 14.0. The summed E-state index contributed by atoms with van der Waals surface area (Å²) in [5.41, 5.74) is -2.31. The third-order valence-corrected chi connectivity index (χ3v) is 9.24. The number of carbonyl (C=O) groups excluding carboxylic acids is 2. The maximum atomic E-state index is 13.6. The van der Waals surface area contributed by atoms with Crippen molar-refractivity contribution in [2.45, 2.75) is 36.1 Å². The molecular weight excluding hydrogens is 970 g/mol. The SMILES string of the molecule is N#Cc1nn(-c2c(Cl)cc(C(F)(F)F)cc2Cl)c(NCc2cnccn2)c1SCF.O=C(NC(=O)c1c(F)cccc1F)Nc1cc(Cl)c(OC(F)(F)C(F)C(F)(F)F)cc1Cl. The first-order valence-electron chi connectivity index (χ1n) is 16.0. The zero-order valence-corrected chi connectivity index (χ0v) is 33.5. The Bertz CT molecular complexity index is 2450. The van der Waals surface area contributed by atoms with Crippen LogP contribution in [0.3, 0.4) is 0 Å². The van der Waals surface area contributed by atoms with Gasteiger partial charge in [0.1, 0.15) is 46.5 Å². The highest BCUT2D eigenvalue weighted by molar-refractivity contribution is 7.99. The van der Waals surface area contributed by atoms with Crippen LogP contribution in [0.25, 0.3) is 5.69 Å². The van der Waals surface area contributed by atoms with Crippen molar-refractivity contribution < 1.29 is 67.0 Å². The Labute approximate surface area is 363 Å². The predicted octanol–water partition coefficient (Wildman–Crippen LogP) is 11.6. The minimum Gasteiger partial charge on any atom is -0.428 e. The standard InChI is InChI=1S/C17H8Cl2F8N2O3.C17H10Cl2F4N6S/c18-6-5-11(32-17(26,27)14(22)16(23,24)25)7(19)4-10(6)28-15(31)29-13(30)12-8(20)2-1-3-9(12)21;18-11-3-9(17(21,22)23)4-12(19)14(11)29-16(15(30-8-20)13(5-24)28-29)27-7-10-6-25-1-2-26-10/h1-5,14H,(H2,28,29,30,31);1-4,6,27H,7-8H2. The van der Waals surface area contributed by atoms with E-state index in [-0.39, 0.29) is 38.7 Å². The summed E-state index contributed by atoms with van der Waals surface area (Å²) in [6.45, 7) is 0.111. The first-order chi connectivity index (χ1) is 28.9. The third-order valence-electron chi connectivity index (χ3n) is 7.27. The molecule has 330 valence electrons. The molecule has 5 rings (SSSR count). The number of anilines is 2. The molecule has 0 aliphatic carbocycles. The van der Waals surface area contributed by atoms with Crippen molar-refractivity contribution in [3.05, 3.63) is 115 Å². The molecule has 0 aliphatic rings. The zero-order valence-electron chi connectivity index (χ0n) is 29.7. The van der Waals surface area contributed by atoms with Crippen LogP contribution in [0.15, 0.2) is 66.0 Å². The normalized spacial score (nSPS) is 12.1. The average Bonchev–Trinajstić information content (AvgIpc) is 3.51. The van der Waals surface area contributed by atoms with Gasteiger partial charge >= 0.3 is 24.5 Å². The molecule has 0 radical (unpaired) electrons. The van der Waals surface area contributed by atoms with Crippen molar-refractivity contribution in [2.75, 3.05) is 16.6 Å². The van der Waals surface area contributed by atoms with Crippen LogP contribution in [-0.4, -0.2) is 56.1 Å². The Balaban J connectivity index is 0.000000273. The van der Waals surface area contributed by atoms with Gasteiger partial charge in [-0.3, -0.25) is 20.1 Å². The van der Waals surface area contributed by atoms with Crippen LogP contribution in [0.5, 0.6) is 5.75 Å². The number of nitriles is 1. The molecule has 62 heavy (non-hydrogen) atoms. The fraction of sp³-hybridized carbons (Fsp3) is 0.176. The van der Waals surface area contributed by atoms with Crippen LogP contribution in [0.4, 0.5) is 69.0 Å². The minimum atomic E-state index is -5.94. The molecule has 2 aromatic heterocycles. The molecule has 28 heteroatoms. The molecule has 0 saturated heterocycles. The smallest absolute Gasteiger partial charge is 0.428 e. The molecule has 1 unspecified atom stereocenters. The largest absolute Gasteiger partial charge is 0.439 e. The number of hydrogen-bond acceptors (Lipinski definition) is 9. The fourth-order valence-electron chi connectivity index (χ4n) is 4.64. The first kappa shape index (κ1) is 49.3. The summed E-state index contributed by atoms with van der Waals surface area (Å²) < 4.78 is 160. The van der Waals surface area contributed by atoms with Crippen LogP contribution < -0.4 is 20.7 Å². The van der Waals surface area contributed by atoms with Crippen molar-refractivity contribution >= 4 is 81.6 Å². The van der Waals surface area contributed by atoms with Crippen molar-refractivity contribution in [1.82, 2.24) is 25.1 Å². The lowest BCUT2D eigenvalue weighted by molar-refractivity contribution is -0.304. The average molecular weight is 988 g/mol. The number of thioether (sulfide) groups is 1. The zero-order chi connectivity index (χ0) is 46.3. The summed E-state index contributed by atoms with van der Waals surface area (Å²) in [5.74, 6) is -5.07. The van der Waals surface area contributed by atoms with Gasteiger partial charge in [0, 0.05) is 18.5 Å². The van der Waals surface area contributed by atoms with Crippen molar-refractivity contribution in [1.29, 1.82) is 5.26 Å². The van der Waals surface area contributed by atoms with E-state index in [2.05, 4.69) is 25.1 Å². The van der Waals surface area contributed by atoms with E-state index in [1.165, 1.54) is 18.6 Å². The molecule has 3 aromatic carbocycles. The lowest BCUT2D eigenvalue weighted by Crippen LogP contribution is -2.45. The first-order valence-corrected chi connectivity index (χ1v) is 18.5. The highest BCUT2D eigenvalue weighted by atomic mass is 35.5. The van der Waals surface area contributed by atoms with Gasteiger partial charge in [-0.2, -0.15) is 45.5 Å². The number of ether oxygens (including phenoxy) is 1. The number of imide groups is 1. The maximum Gasteiger partial charge on any atom is 0.439 e. The van der Waals surface area contributed by atoms with E-state index in [4.69, 9.17) is 46.4 Å². The van der Waals surface area contributed by atoms with Gasteiger partial charge in [-0.25, -0.2) is 27.0 Å². The Morgan fingerprint density at radius 3 is 2.08 bits per heavy atom. The number of benzene rings is 3. The number of amides is 3. The topological polar surface area (TPSA) is 147 Å². The number of nitrogens with one attached hydrogen (secondary N) is 3. The molecule has 5 aromatic rings. The Hall–Kier alpha value is -5.35. The summed E-state index contributed by atoms with van der Waals surface area (Å²) in [4.78, 5) is 31.9. The summed E-state index contributed by atoms with van der Waals surface area (Å²) in [5, 5.41) is 17.7. The van der Waals surface area contributed by atoms with Crippen LogP contribution in [0.2, 0.25) is 20.1 Å². The van der Waals surface area contributed by atoms with E-state index in [1.807, 2.05) is 11.4 Å². The number of aromatic nitrogens is 4. The summed E-state index contributed by atoms with van der Waals surface area (Å²) >= 11 is 24.2. The van der Waals surface area contributed by atoms with Gasteiger partial charge in [0.2, 0.25) is 0 Å². The summed E-state index contributed by atoms with van der Waals surface area (Å²) in [7, 11) is 0. The molecule has 0 saturated carbocycles. The maximum absolute atomic E-state index is 13.6. The molecule has 11 nitrogen and oxygen atoms in total. The van der Waals surface area contributed by atoms with Gasteiger partial charge in [0.05, 0.1) is 54.7 Å². The quantitative estimate of drug-likeness (QED) is 0.0869. The lowest BCUT2D eigenvalue weighted by Gasteiger charge is -2.24. The summed E-state index contributed by atoms with van der Waals surface area (Å²) in [6.07, 6.45) is -16.2. The minimum absolute atomic E-state index is 0.0878. The van der Waals surface area contributed by atoms with Gasteiger partial charge in [-0.05, 0) is 30.3 Å². The highest BCUT2D eigenvalue weighted by Gasteiger charge is 2.59. The molecule has 1 atom stereocenters. The van der Waals surface area contributed by atoms with E-state index in [1.54, 1.807) is 5.32 Å². The number of hydrogen-bond donors (Lipinski definition) is 3. The van der Waals surface area contributed by atoms with Crippen LogP contribution >= 0.6 is 58.2 Å². The van der Waals surface area contributed by atoms with Crippen molar-refractivity contribution in [3.8, 4) is 17.5 Å². The second-order valence-electron chi connectivity index (χ2n) is 11.5. The number of alkyl halides is 10. The number of rotatable bonds is 11. The molecule has 2 heterocycles. The molecule has 3 amide bonds. The number of urea groups is 1. The third kappa shape index (κ3) is 12.2. The van der Waals surface area contributed by atoms with E-state index >= 15 is 0 Å². The van der Waals surface area contributed by atoms with E-state index in [9.17, 15) is 67.5 Å². The van der Waals surface area contributed by atoms with E-state index < -0.39 is 86.8 Å². The van der Waals surface area contributed by atoms with Gasteiger partial charge < -0.3 is 15.4 Å². The van der Waals surface area contributed by atoms with Gasteiger partial charge in [0.25, 0.3) is 12.1 Å². The van der Waals surface area contributed by atoms with E-state index in [0.29, 0.717) is 41.7 Å². The van der Waals surface area contributed by atoms with Crippen LogP contribution in [0.1, 0.15) is 27.3 Å². The second kappa shape index (κ2) is 20.2. The van der Waals surface area contributed by atoms with Crippen molar-refractivity contribution in [2.24, 2.45) is 0 Å². The molecule has 0 bridgehead atoms. The number of halogens is 16. The van der Waals surface area contributed by atoms with Crippen LogP contribution in [-0.2, 0) is 12.7 Å². The molecule has 0 spiro atoms. The van der Waals surface area contributed by atoms with Gasteiger partial charge in [-0.1, -0.05) is 64.2 Å². The fourth-order valence-corrected chi connectivity index (χ4v) is 6.32. The van der Waals surface area contributed by atoms with Crippen LogP contribution in [0, 0.1) is 23.0 Å². The molecule has 0 fully saturated rings. The highest BCUT2D eigenvalue weighted by Crippen LogP contribution is 2.43. The Morgan fingerprint density at radius 2 is 1.55 bits per heavy atom. The van der Waals surface area contributed by atoms with E-state index in [0.717, 1.165) is 22.9 Å². The molecule has 0 aliphatic heterocycles. The Kier molecular flexibility index (Phi) is 16.1. The monoisotopic (exact) mass is 986 g/mol. The predicted molar refractivity (Wildman–Crippen MR) is 200 cm³/mol. The lowest BCUT2D eigenvalue weighted by atomic mass is 10.2. The number of carbonyl (C=O) groups is 2.